The summed E-state index contributed by atoms with van der Waals surface area (Å²) in [5.41, 5.74) is 0. The number of hydrogen-bond donors (Lipinski definition) is 0. The molecule has 0 heterocycles. The molecular weight excluding hydrogens is 278 g/mol. The van der Waals surface area contributed by atoms with Gasteiger partial charge in [0, 0.05) is 13.1 Å². The van der Waals surface area contributed by atoms with Gasteiger partial charge in [0.2, 0.25) is 5.91 Å². The Kier molecular flexibility index (Phi) is 6.56. The summed E-state index contributed by atoms with van der Waals surface area (Å²) < 4.78 is 10.9. The molecule has 1 fully saturated rings. The molecule has 0 atom stereocenters. The molecule has 0 radical (unpaired) electrons. The van der Waals surface area contributed by atoms with E-state index in [1.54, 1.807) is 7.11 Å². The predicted octanol–water partition coefficient (Wildman–Crippen LogP) is 3.65. The van der Waals surface area contributed by atoms with E-state index in [2.05, 4.69) is 0 Å². The van der Waals surface area contributed by atoms with Gasteiger partial charge in [-0.1, -0.05) is 37.8 Å². The average molecular weight is 305 g/mol. The fourth-order valence-electron chi connectivity index (χ4n) is 3.01. The van der Waals surface area contributed by atoms with Crippen molar-refractivity contribution in [3.8, 4) is 11.5 Å². The van der Waals surface area contributed by atoms with Crippen LogP contribution in [0.1, 0.15) is 44.9 Å². The van der Waals surface area contributed by atoms with E-state index in [1.807, 2.05) is 36.2 Å². The molecule has 0 spiro atoms. The second kappa shape index (κ2) is 8.66. The van der Waals surface area contributed by atoms with Crippen molar-refractivity contribution < 1.29 is 14.3 Å². The van der Waals surface area contributed by atoms with Crippen LogP contribution in [-0.2, 0) is 4.79 Å². The Bertz CT molecular complexity index is 467. The minimum atomic E-state index is 0.168. The first kappa shape index (κ1) is 16.7. The highest BCUT2D eigenvalue weighted by molar-refractivity contribution is 5.76. The number of rotatable bonds is 6. The second-order valence-corrected chi connectivity index (χ2v) is 5.90. The molecule has 1 saturated carbocycles. The zero-order valence-electron chi connectivity index (χ0n) is 13.7. The van der Waals surface area contributed by atoms with E-state index in [1.165, 1.54) is 25.7 Å². The van der Waals surface area contributed by atoms with Gasteiger partial charge in [0.05, 0.1) is 20.1 Å². The Labute approximate surface area is 133 Å². The molecule has 0 saturated heterocycles. The summed E-state index contributed by atoms with van der Waals surface area (Å²) in [6.45, 7) is 0.385. The predicted molar refractivity (Wildman–Crippen MR) is 87.4 cm³/mol. The molecule has 0 N–H and O–H groups in total. The number of nitrogens with zero attached hydrogens (tertiary/aromatic N) is 1. The van der Waals surface area contributed by atoms with Crippen LogP contribution < -0.4 is 9.47 Å². The molecule has 1 aromatic carbocycles. The maximum atomic E-state index is 12.3. The fraction of sp³-hybridized carbons (Fsp3) is 0.611. The van der Waals surface area contributed by atoms with Gasteiger partial charge in [-0.25, -0.2) is 0 Å². The van der Waals surface area contributed by atoms with Gasteiger partial charge < -0.3 is 14.4 Å². The molecule has 4 heteroatoms. The largest absolute Gasteiger partial charge is 0.493 e. The van der Waals surface area contributed by atoms with Gasteiger partial charge in [0.15, 0.2) is 11.5 Å². The molecule has 1 aliphatic rings. The van der Waals surface area contributed by atoms with Crippen LogP contribution in [0, 0.1) is 0 Å². The van der Waals surface area contributed by atoms with Crippen LogP contribution in [0.4, 0.5) is 0 Å². The monoisotopic (exact) mass is 305 g/mol. The molecular formula is C18H27NO3. The summed E-state index contributed by atoms with van der Waals surface area (Å²) in [7, 11) is 3.55. The maximum absolute atomic E-state index is 12.3. The van der Waals surface area contributed by atoms with Crippen molar-refractivity contribution >= 4 is 5.91 Å². The van der Waals surface area contributed by atoms with E-state index in [9.17, 15) is 4.79 Å². The number of ether oxygens (including phenoxy) is 2. The van der Waals surface area contributed by atoms with E-state index in [4.69, 9.17) is 9.47 Å². The Balaban J connectivity index is 1.79. The molecule has 1 aromatic rings. The number of carbonyl (C=O) groups is 1. The van der Waals surface area contributed by atoms with Crippen molar-refractivity contribution in [2.24, 2.45) is 0 Å². The average Bonchev–Trinajstić information content (AvgIpc) is 2.83. The minimum Gasteiger partial charge on any atom is -0.493 e. The third kappa shape index (κ3) is 4.65. The molecule has 2 rings (SSSR count). The number of para-hydroxylation sites is 2. The molecule has 0 bridgehead atoms. The van der Waals surface area contributed by atoms with E-state index in [0.29, 0.717) is 30.6 Å². The van der Waals surface area contributed by atoms with Crippen LogP contribution in [0.2, 0.25) is 0 Å². The van der Waals surface area contributed by atoms with Gasteiger partial charge in [0.1, 0.15) is 0 Å². The second-order valence-electron chi connectivity index (χ2n) is 5.90. The van der Waals surface area contributed by atoms with Crippen LogP contribution >= 0.6 is 0 Å². The Morgan fingerprint density at radius 1 is 1.14 bits per heavy atom. The van der Waals surface area contributed by atoms with Gasteiger partial charge >= 0.3 is 0 Å². The van der Waals surface area contributed by atoms with Crippen LogP contribution in [0.3, 0.4) is 0 Å². The molecule has 0 aliphatic heterocycles. The smallest absolute Gasteiger partial charge is 0.225 e. The van der Waals surface area contributed by atoms with Crippen molar-refractivity contribution in [3.05, 3.63) is 24.3 Å². The van der Waals surface area contributed by atoms with Crippen molar-refractivity contribution in [3.63, 3.8) is 0 Å². The summed E-state index contributed by atoms with van der Waals surface area (Å²) in [5.74, 6) is 1.56. The lowest BCUT2D eigenvalue weighted by Gasteiger charge is -2.27. The lowest BCUT2D eigenvalue weighted by Crippen LogP contribution is -2.37. The first-order valence-corrected chi connectivity index (χ1v) is 8.24. The van der Waals surface area contributed by atoms with Gasteiger partial charge in [-0.2, -0.15) is 0 Å². The minimum absolute atomic E-state index is 0.168. The van der Waals surface area contributed by atoms with Crippen molar-refractivity contribution in [1.82, 2.24) is 4.90 Å². The third-order valence-electron chi connectivity index (χ3n) is 4.41. The van der Waals surface area contributed by atoms with Gasteiger partial charge in [-0.05, 0) is 25.0 Å². The first-order chi connectivity index (χ1) is 10.7. The lowest BCUT2D eigenvalue weighted by atomic mass is 10.1. The van der Waals surface area contributed by atoms with Crippen LogP contribution in [0.15, 0.2) is 24.3 Å². The summed E-state index contributed by atoms with van der Waals surface area (Å²) in [6, 6.07) is 7.92. The molecule has 1 aliphatic carbocycles. The van der Waals surface area contributed by atoms with E-state index < -0.39 is 0 Å². The first-order valence-electron chi connectivity index (χ1n) is 8.24. The number of benzene rings is 1. The van der Waals surface area contributed by atoms with E-state index in [-0.39, 0.29) is 5.91 Å². The summed E-state index contributed by atoms with van der Waals surface area (Å²) in [5, 5.41) is 0. The highest BCUT2D eigenvalue weighted by Gasteiger charge is 2.20. The standard InChI is InChI=1S/C18H27NO3/c1-19(15-9-5-3-4-6-10-15)18(20)13-14-22-17-12-8-7-11-16(17)21-2/h7-8,11-12,15H,3-6,9-10,13-14H2,1-2H3. The van der Waals surface area contributed by atoms with Crippen molar-refractivity contribution in [2.45, 2.75) is 51.0 Å². The quantitative estimate of drug-likeness (QED) is 0.753. The number of amides is 1. The number of methoxy groups -OCH3 is 1. The van der Waals surface area contributed by atoms with Gasteiger partial charge in [-0.3, -0.25) is 4.79 Å². The molecule has 0 unspecified atom stereocenters. The van der Waals surface area contributed by atoms with Crippen LogP contribution in [-0.4, -0.2) is 37.6 Å². The fourth-order valence-corrected chi connectivity index (χ4v) is 3.01. The highest BCUT2D eigenvalue weighted by Crippen LogP contribution is 2.26. The third-order valence-corrected chi connectivity index (χ3v) is 4.41. The summed E-state index contributed by atoms with van der Waals surface area (Å²) >= 11 is 0. The summed E-state index contributed by atoms with van der Waals surface area (Å²) in [6.07, 6.45) is 7.75. The molecule has 1 amide bonds. The Morgan fingerprint density at radius 2 is 1.77 bits per heavy atom. The highest BCUT2D eigenvalue weighted by atomic mass is 16.5. The van der Waals surface area contributed by atoms with Crippen molar-refractivity contribution in [1.29, 1.82) is 0 Å². The number of hydrogen-bond acceptors (Lipinski definition) is 3. The summed E-state index contributed by atoms with van der Waals surface area (Å²) in [4.78, 5) is 14.2. The van der Waals surface area contributed by atoms with E-state index in [0.717, 1.165) is 12.8 Å². The van der Waals surface area contributed by atoms with E-state index >= 15 is 0 Å². The lowest BCUT2D eigenvalue weighted by molar-refractivity contribution is -0.132. The topological polar surface area (TPSA) is 38.8 Å². The van der Waals surface area contributed by atoms with Crippen LogP contribution in [0.5, 0.6) is 11.5 Å². The van der Waals surface area contributed by atoms with Crippen LogP contribution in [0.25, 0.3) is 0 Å². The Hall–Kier alpha value is -1.71. The molecule has 0 aromatic heterocycles. The molecule has 4 nitrogen and oxygen atoms in total. The van der Waals surface area contributed by atoms with Gasteiger partial charge in [0.25, 0.3) is 0 Å². The zero-order valence-corrected chi connectivity index (χ0v) is 13.7. The molecule has 22 heavy (non-hydrogen) atoms. The molecule has 122 valence electrons. The zero-order chi connectivity index (χ0) is 15.8. The number of carbonyl (C=O) groups excluding carboxylic acids is 1. The van der Waals surface area contributed by atoms with Crippen molar-refractivity contribution in [2.75, 3.05) is 20.8 Å². The SMILES string of the molecule is COc1ccccc1OCCC(=O)N(C)C1CCCCCC1. The maximum Gasteiger partial charge on any atom is 0.225 e. The normalized spacial score (nSPS) is 15.9. The van der Waals surface area contributed by atoms with Gasteiger partial charge in [-0.15, -0.1) is 0 Å². The Morgan fingerprint density at radius 3 is 2.41 bits per heavy atom.